The summed E-state index contributed by atoms with van der Waals surface area (Å²) in [5.74, 6) is 0.410. The number of hydrogen-bond acceptors (Lipinski definition) is 3. The van der Waals surface area contributed by atoms with E-state index in [0.717, 1.165) is 22.2 Å². The van der Waals surface area contributed by atoms with Crippen LogP contribution in [0, 0.1) is 3.57 Å². The number of ether oxygens (including phenoxy) is 1. The Morgan fingerprint density at radius 2 is 1.76 bits per heavy atom. The Balaban J connectivity index is 1.65. The van der Waals surface area contributed by atoms with E-state index in [1.807, 2.05) is 36.4 Å². The molecule has 0 atom stereocenters. The molecule has 0 aliphatic heterocycles. The fourth-order valence-electron chi connectivity index (χ4n) is 2.28. The van der Waals surface area contributed by atoms with E-state index in [2.05, 4.69) is 33.2 Å². The Morgan fingerprint density at radius 3 is 2.44 bits per heavy atom. The van der Waals surface area contributed by atoms with Crippen LogP contribution in [0.4, 0.5) is 0 Å². The minimum absolute atomic E-state index is 0.0215. The predicted molar refractivity (Wildman–Crippen MR) is 106 cm³/mol. The quantitative estimate of drug-likeness (QED) is 0.478. The first-order chi connectivity index (χ1) is 12.1. The van der Waals surface area contributed by atoms with Gasteiger partial charge in [-0.1, -0.05) is 24.3 Å². The fourth-order valence-corrected chi connectivity index (χ4v) is 2.91. The smallest absolute Gasteiger partial charge is 0.252 e. The first kappa shape index (κ1) is 19.2. The topological polar surface area (TPSA) is 67.4 Å². The summed E-state index contributed by atoms with van der Waals surface area (Å²) in [7, 11) is 1.64. The number of rotatable bonds is 8. The van der Waals surface area contributed by atoms with Crippen molar-refractivity contribution in [3.05, 3.63) is 63.2 Å². The van der Waals surface area contributed by atoms with E-state index in [9.17, 15) is 9.59 Å². The fraction of sp³-hybridized carbons (Fsp3) is 0.263. The van der Waals surface area contributed by atoms with Crippen molar-refractivity contribution >= 4 is 34.4 Å². The highest BCUT2D eigenvalue weighted by molar-refractivity contribution is 14.1. The van der Waals surface area contributed by atoms with Crippen LogP contribution >= 0.6 is 22.6 Å². The molecule has 5 nitrogen and oxygen atoms in total. The molecule has 0 aromatic heterocycles. The highest BCUT2D eigenvalue weighted by Gasteiger charge is 2.10. The van der Waals surface area contributed by atoms with Crippen LogP contribution in [0.5, 0.6) is 5.75 Å². The molecule has 2 rings (SSSR count). The van der Waals surface area contributed by atoms with Crippen molar-refractivity contribution in [2.24, 2.45) is 0 Å². The van der Waals surface area contributed by atoms with Gasteiger partial charge in [0.05, 0.1) is 19.2 Å². The van der Waals surface area contributed by atoms with Gasteiger partial charge in [-0.05, 0) is 65.3 Å². The molecule has 132 valence electrons. The molecule has 0 aliphatic rings. The Bertz CT molecular complexity index is 717. The SMILES string of the molecule is COc1ccc(CCCNC(=O)CNC(=O)c2ccccc2I)cc1. The Labute approximate surface area is 161 Å². The molecule has 25 heavy (non-hydrogen) atoms. The van der Waals surface area contributed by atoms with Crippen molar-refractivity contribution in [1.82, 2.24) is 10.6 Å². The molecule has 0 radical (unpaired) electrons. The number of carbonyl (C=O) groups excluding carboxylic acids is 2. The Morgan fingerprint density at radius 1 is 1.04 bits per heavy atom. The monoisotopic (exact) mass is 452 g/mol. The van der Waals surface area contributed by atoms with E-state index in [0.29, 0.717) is 12.1 Å². The third-order valence-electron chi connectivity index (χ3n) is 3.65. The molecule has 2 aromatic rings. The van der Waals surface area contributed by atoms with E-state index in [1.165, 1.54) is 5.56 Å². The van der Waals surface area contributed by atoms with Gasteiger partial charge in [-0.3, -0.25) is 9.59 Å². The average molecular weight is 452 g/mol. The zero-order valence-corrected chi connectivity index (χ0v) is 16.2. The lowest BCUT2D eigenvalue weighted by Crippen LogP contribution is -2.37. The molecule has 0 aliphatic carbocycles. The van der Waals surface area contributed by atoms with Crippen molar-refractivity contribution in [1.29, 1.82) is 0 Å². The Kier molecular flexibility index (Phi) is 7.72. The van der Waals surface area contributed by atoms with Crippen molar-refractivity contribution in [3.8, 4) is 5.75 Å². The molecule has 0 saturated heterocycles. The van der Waals surface area contributed by atoms with Gasteiger partial charge in [0, 0.05) is 10.1 Å². The molecule has 2 N–H and O–H groups in total. The Hall–Kier alpha value is -2.09. The summed E-state index contributed by atoms with van der Waals surface area (Å²) < 4.78 is 5.98. The van der Waals surface area contributed by atoms with Crippen LogP contribution in [-0.4, -0.2) is 32.0 Å². The molecule has 0 bridgehead atoms. The van der Waals surface area contributed by atoms with Crippen molar-refractivity contribution in [3.63, 3.8) is 0 Å². The third kappa shape index (κ3) is 6.38. The number of carbonyl (C=O) groups is 2. The van der Waals surface area contributed by atoms with E-state index in [-0.39, 0.29) is 18.4 Å². The molecule has 2 amide bonds. The summed E-state index contributed by atoms with van der Waals surface area (Å²) in [6, 6.07) is 15.1. The molecular weight excluding hydrogens is 431 g/mol. The van der Waals surface area contributed by atoms with Crippen molar-refractivity contribution in [2.45, 2.75) is 12.8 Å². The number of amides is 2. The molecule has 0 fully saturated rings. The second kappa shape index (κ2) is 10.0. The van der Waals surface area contributed by atoms with Gasteiger partial charge in [0.15, 0.2) is 0 Å². The van der Waals surface area contributed by atoms with Crippen LogP contribution in [0.1, 0.15) is 22.3 Å². The first-order valence-electron chi connectivity index (χ1n) is 8.02. The molecule has 0 unspecified atom stereocenters. The summed E-state index contributed by atoms with van der Waals surface area (Å²) >= 11 is 2.10. The minimum atomic E-state index is -0.238. The molecule has 0 saturated carbocycles. The van der Waals surface area contributed by atoms with Crippen LogP contribution in [0.15, 0.2) is 48.5 Å². The molecule has 6 heteroatoms. The molecule has 0 heterocycles. The number of nitrogens with one attached hydrogen (secondary N) is 2. The van der Waals surface area contributed by atoms with Gasteiger partial charge in [0.1, 0.15) is 5.75 Å². The normalized spacial score (nSPS) is 10.2. The number of hydrogen-bond donors (Lipinski definition) is 2. The van der Waals surface area contributed by atoms with Crippen LogP contribution in [0.25, 0.3) is 0 Å². The molecular formula is C19H21IN2O3. The van der Waals surface area contributed by atoms with Crippen molar-refractivity contribution in [2.75, 3.05) is 20.2 Å². The maximum atomic E-state index is 12.0. The second-order valence-electron chi connectivity index (χ2n) is 5.46. The van der Waals surface area contributed by atoms with Gasteiger partial charge in [-0.2, -0.15) is 0 Å². The van der Waals surface area contributed by atoms with Crippen LogP contribution in [0.2, 0.25) is 0 Å². The zero-order chi connectivity index (χ0) is 18.1. The number of halogens is 1. The summed E-state index contributed by atoms with van der Waals surface area (Å²) in [6.45, 7) is 0.552. The van der Waals surface area contributed by atoms with E-state index >= 15 is 0 Å². The predicted octanol–water partition coefficient (Wildman–Crippen LogP) is 2.78. The van der Waals surface area contributed by atoms with Crippen molar-refractivity contribution < 1.29 is 14.3 Å². The lowest BCUT2D eigenvalue weighted by molar-refractivity contribution is -0.120. The van der Waals surface area contributed by atoms with Gasteiger partial charge in [0.2, 0.25) is 5.91 Å². The van der Waals surface area contributed by atoms with Crippen LogP contribution < -0.4 is 15.4 Å². The summed E-state index contributed by atoms with van der Waals surface area (Å²) in [6.07, 6.45) is 1.71. The van der Waals surface area contributed by atoms with Gasteiger partial charge >= 0.3 is 0 Å². The minimum Gasteiger partial charge on any atom is -0.497 e. The highest BCUT2D eigenvalue weighted by atomic mass is 127. The van der Waals surface area contributed by atoms with Gasteiger partial charge < -0.3 is 15.4 Å². The maximum absolute atomic E-state index is 12.0. The average Bonchev–Trinajstić information content (AvgIpc) is 2.64. The van der Waals surface area contributed by atoms with Gasteiger partial charge in [0.25, 0.3) is 5.91 Å². The third-order valence-corrected chi connectivity index (χ3v) is 4.59. The van der Waals surface area contributed by atoms with Gasteiger partial charge in [-0.15, -0.1) is 0 Å². The number of benzene rings is 2. The zero-order valence-electron chi connectivity index (χ0n) is 14.0. The summed E-state index contributed by atoms with van der Waals surface area (Å²) in [5.41, 5.74) is 1.78. The second-order valence-corrected chi connectivity index (χ2v) is 6.63. The maximum Gasteiger partial charge on any atom is 0.252 e. The lowest BCUT2D eigenvalue weighted by Gasteiger charge is -2.08. The van der Waals surface area contributed by atoms with Gasteiger partial charge in [-0.25, -0.2) is 0 Å². The highest BCUT2D eigenvalue weighted by Crippen LogP contribution is 2.12. The number of aryl methyl sites for hydroxylation is 1. The van der Waals surface area contributed by atoms with Crippen LogP contribution in [0.3, 0.4) is 0 Å². The van der Waals surface area contributed by atoms with E-state index < -0.39 is 0 Å². The standard InChI is InChI=1S/C19H21IN2O3/c1-25-15-10-8-14(9-11-15)5-4-12-21-18(23)13-22-19(24)16-6-2-3-7-17(16)20/h2-3,6-11H,4-5,12-13H2,1H3,(H,21,23)(H,22,24). The largest absolute Gasteiger partial charge is 0.497 e. The first-order valence-corrected chi connectivity index (χ1v) is 9.10. The van der Waals surface area contributed by atoms with Crippen LogP contribution in [-0.2, 0) is 11.2 Å². The molecule has 2 aromatic carbocycles. The van der Waals surface area contributed by atoms with E-state index in [4.69, 9.17) is 4.74 Å². The number of methoxy groups -OCH3 is 1. The molecule has 0 spiro atoms. The lowest BCUT2D eigenvalue weighted by atomic mass is 10.1. The summed E-state index contributed by atoms with van der Waals surface area (Å²) in [4.78, 5) is 23.8. The van der Waals surface area contributed by atoms with E-state index in [1.54, 1.807) is 19.2 Å². The summed E-state index contributed by atoms with van der Waals surface area (Å²) in [5, 5.41) is 5.46.